The van der Waals surface area contributed by atoms with Crippen molar-refractivity contribution in [3.05, 3.63) is 17.3 Å². The summed E-state index contributed by atoms with van der Waals surface area (Å²) in [6.45, 7) is 13.1. The van der Waals surface area contributed by atoms with Crippen LogP contribution in [0.25, 0.3) is 10.2 Å². The number of rotatable bonds is 6. The van der Waals surface area contributed by atoms with E-state index in [-0.39, 0.29) is 7.05 Å². The first-order valence-electron chi connectivity index (χ1n) is 11.2. The van der Waals surface area contributed by atoms with E-state index in [1.165, 1.54) is 36.2 Å². The molecule has 1 unspecified atom stereocenters. The van der Waals surface area contributed by atoms with E-state index >= 15 is 0 Å². The Morgan fingerprint density at radius 3 is 2.76 bits per heavy atom. The number of anilines is 1. The van der Waals surface area contributed by atoms with Crippen LogP contribution in [0, 0.1) is 11.3 Å². The lowest BCUT2D eigenvalue weighted by Crippen LogP contribution is -2.67. The second-order valence-electron chi connectivity index (χ2n) is 9.38. The smallest absolute Gasteiger partial charge is 0.376 e. The van der Waals surface area contributed by atoms with Crippen LogP contribution < -0.4 is 4.90 Å². The number of nitrogens with zero attached hydrogens (tertiary/aromatic N) is 5. The number of fused-ring (bicyclic) bond motifs is 1. The zero-order chi connectivity index (χ0) is 20.2. The molecule has 0 aliphatic carbocycles. The van der Waals surface area contributed by atoms with Gasteiger partial charge in [-0.2, -0.15) is 0 Å². The molecule has 3 saturated heterocycles. The van der Waals surface area contributed by atoms with Gasteiger partial charge in [-0.25, -0.2) is 9.97 Å². The molecule has 2 aromatic heterocycles. The van der Waals surface area contributed by atoms with Crippen LogP contribution in [0.1, 0.15) is 31.6 Å². The van der Waals surface area contributed by atoms with Crippen LogP contribution in [0.3, 0.4) is 0 Å². The maximum Gasteiger partial charge on any atom is 0.376 e. The zero-order valence-corrected chi connectivity index (χ0v) is 18.7. The van der Waals surface area contributed by atoms with Gasteiger partial charge in [0.15, 0.2) is 0 Å². The minimum atomic E-state index is -0.301. The lowest BCUT2D eigenvalue weighted by atomic mass is 9.72. The second-order valence-corrected chi connectivity index (χ2v) is 10.5. The number of likely N-dealkylation sites (tertiary alicyclic amines) is 1. The minimum absolute atomic E-state index is 0.301. The Morgan fingerprint density at radius 2 is 2.07 bits per heavy atom. The van der Waals surface area contributed by atoms with Crippen LogP contribution in [0.5, 0.6) is 0 Å². The van der Waals surface area contributed by atoms with Crippen molar-refractivity contribution in [2.75, 3.05) is 44.2 Å². The highest BCUT2D eigenvalue weighted by molar-refractivity contribution is 7.18. The van der Waals surface area contributed by atoms with Gasteiger partial charge in [-0.3, -0.25) is 4.90 Å². The number of hydrogen-bond donors (Lipinski definition) is 1. The highest BCUT2D eigenvalue weighted by atomic mass is 32.1. The maximum absolute atomic E-state index is 9.75. The van der Waals surface area contributed by atoms with Crippen LogP contribution in [0.2, 0.25) is 6.82 Å². The summed E-state index contributed by atoms with van der Waals surface area (Å²) in [5.41, 5.74) is 0.433. The number of aryl methyl sites for hydroxylation is 1. The molecule has 3 aliphatic rings. The molecule has 3 fully saturated rings. The van der Waals surface area contributed by atoms with Crippen molar-refractivity contribution >= 4 is 34.4 Å². The third-order valence-corrected chi connectivity index (χ3v) is 8.61. The van der Waals surface area contributed by atoms with Crippen molar-refractivity contribution in [1.29, 1.82) is 0 Å². The summed E-state index contributed by atoms with van der Waals surface area (Å²) in [5, 5.41) is 11.0. The number of hydrogen-bond acceptors (Lipinski definition) is 7. The van der Waals surface area contributed by atoms with Gasteiger partial charge in [0.2, 0.25) is 0 Å². The summed E-state index contributed by atoms with van der Waals surface area (Å²) in [7, 11) is -0.301. The molecule has 0 saturated carbocycles. The number of thiophene rings is 1. The van der Waals surface area contributed by atoms with E-state index in [0.29, 0.717) is 17.4 Å². The van der Waals surface area contributed by atoms with E-state index in [9.17, 15) is 5.02 Å². The molecule has 2 aromatic rings. The summed E-state index contributed by atoms with van der Waals surface area (Å²) in [5.74, 6) is 1.85. The fourth-order valence-electron chi connectivity index (χ4n) is 5.73. The maximum atomic E-state index is 9.75. The predicted molar refractivity (Wildman–Crippen MR) is 121 cm³/mol. The lowest BCUT2D eigenvalue weighted by molar-refractivity contribution is -0.0571. The first kappa shape index (κ1) is 19.7. The number of aromatic nitrogens is 2. The van der Waals surface area contributed by atoms with Gasteiger partial charge in [0.05, 0.1) is 5.39 Å². The zero-order valence-electron chi connectivity index (χ0n) is 17.8. The van der Waals surface area contributed by atoms with Crippen molar-refractivity contribution in [3.8, 4) is 0 Å². The van der Waals surface area contributed by atoms with Gasteiger partial charge in [-0.1, -0.05) is 13.8 Å². The Hall–Kier alpha value is -1.22. The monoisotopic (exact) mass is 413 g/mol. The molecule has 6 nitrogen and oxygen atoms in total. The highest BCUT2D eigenvalue weighted by Crippen LogP contribution is 2.45. The molecule has 8 heteroatoms. The van der Waals surface area contributed by atoms with E-state index in [0.717, 1.165) is 43.2 Å². The minimum Gasteiger partial charge on any atom is -0.437 e. The fraction of sp³-hybridized carbons (Fsp3) is 0.714. The topological polar surface area (TPSA) is 55.7 Å². The van der Waals surface area contributed by atoms with Crippen molar-refractivity contribution in [2.24, 2.45) is 11.3 Å². The van der Waals surface area contributed by atoms with Gasteiger partial charge in [-0.05, 0) is 51.2 Å². The summed E-state index contributed by atoms with van der Waals surface area (Å²) in [6, 6.07) is 2.96. The molecule has 0 radical (unpaired) electrons. The molecule has 1 spiro atoms. The third kappa shape index (κ3) is 3.38. The van der Waals surface area contributed by atoms with Crippen LogP contribution >= 0.6 is 11.3 Å². The molecule has 0 aromatic carbocycles. The molecule has 5 rings (SSSR count). The molecule has 5 heterocycles. The van der Waals surface area contributed by atoms with Gasteiger partial charge >= 0.3 is 7.05 Å². The van der Waals surface area contributed by atoms with Crippen LogP contribution in [0.4, 0.5) is 5.82 Å². The van der Waals surface area contributed by atoms with Gasteiger partial charge in [0.1, 0.15) is 17.0 Å². The van der Waals surface area contributed by atoms with Crippen LogP contribution in [0.15, 0.2) is 12.4 Å². The molecule has 29 heavy (non-hydrogen) atoms. The average molecular weight is 413 g/mol. The Balaban J connectivity index is 1.24. The molecule has 156 valence electrons. The predicted octanol–water partition coefficient (Wildman–Crippen LogP) is 2.59. The van der Waals surface area contributed by atoms with Gasteiger partial charge in [0.25, 0.3) is 0 Å². The van der Waals surface area contributed by atoms with E-state index in [1.54, 1.807) is 17.7 Å². The van der Waals surface area contributed by atoms with E-state index in [2.05, 4.69) is 44.5 Å². The Bertz CT molecular complexity index is 877. The molecule has 0 bridgehead atoms. The Labute approximate surface area is 178 Å². The summed E-state index contributed by atoms with van der Waals surface area (Å²) >= 11 is 1.80. The Morgan fingerprint density at radius 1 is 1.28 bits per heavy atom. The molecule has 0 amide bonds. The van der Waals surface area contributed by atoms with Crippen LogP contribution in [-0.2, 0) is 6.42 Å². The lowest BCUT2D eigenvalue weighted by Gasteiger charge is -2.56. The summed E-state index contributed by atoms with van der Waals surface area (Å²) in [4.78, 5) is 19.1. The third-order valence-electron chi connectivity index (χ3n) is 7.42. The quantitative estimate of drug-likeness (QED) is 0.735. The molecular weight excluding hydrogens is 381 g/mol. The van der Waals surface area contributed by atoms with Crippen molar-refractivity contribution in [2.45, 2.75) is 46.0 Å². The average Bonchev–Trinajstić information content (AvgIpc) is 3.26. The van der Waals surface area contributed by atoms with E-state index < -0.39 is 0 Å². The molecule has 1 N–H and O–H groups in total. The summed E-state index contributed by atoms with van der Waals surface area (Å²) in [6.07, 6.45) is 5.27. The molecule has 3 aliphatic heterocycles. The molecule has 1 atom stereocenters. The molecular formula is C21H32BN5OS. The first-order valence-corrected chi connectivity index (χ1v) is 12.0. The Kier molecular flexibility index (Phi) is 5.09. The van der Waals surface area contributed by atoms with E-state index in [4.69, 9.17) is 0 Å². The first-order chi connectivity index (χ1) is 14.0. The van der Waals surface area contributed by atoms with Gasteiger partial charge in [0, 0.05) is 42.5 Å². The summed E-state index contributed by atoms with van der Waals surface area (Å²) < 4.78 is 0. The van der Waals surface area contributed by atoms with Crippen molar-refractivity contribution < 1.29 is 5.02 Å². The van der Waals surface area contributed by atoms with Gasteiger partial charge in [-0.15, -0.1) is 11.3 Å². The van der Waals surface area contributed by atoms with E-state index in [1.807, 2.05) is 6.82 Å². The largest absolute Gasteiger partial charge is 0.437 e. The van der Waals surface area contributed by atoms with Crippen molar-refractivity contribution in [3.63, 3.8) is 0 Å². The standard InChI is InChI=1S/C21H32BN5OS/c1-4-16-8-17-19(23-14-24-20(17)29-16)25-7-6-21(11-25)12-26(13-21)18(5-2)15-9-27(10-15)22(3)28/h8,14-15,18,28H,4-7,9-13H2,1-3H3. The van der Waals surface area contributed by atoms with Crippen molar-refractivity contribution in [1.82, 2.24) is 19.7 Å². The second kappa shape index (κ2) is 7.48. The SMILES string of the molecule is CCc1cc2c(N3CCC4(C3)CN(C(CC)C3CN(B(C)O)C3)C4)ncnc2s1. The van der Waals surface area contributed by atoms with Crippen LogP contribution in [-0.4, -0.2) is 77.1 Å². The highest BCUT2D eigenvalue weighted by Gasteiger charge is 2.51. The van der Waals surface area contributed by atoms with Gasteiger partial charge < -0.3 is 14.7 Å². The fourth-order valence-corrected chi connectivity index (χ4v) is 6.66. The normalized spacial score (nSPS) is 23.5.